The number of hydrogen-bond acceptors (Lipinski definition) is 4. The molecule has 0 spiro atoms. The maximum Gasteiger partial charge on any atom is 0.335 e. The first kappa shape index (κ1) is 22.9. The number of carboxylic acids is 1. The molecule has 1 aliphatic heterocycles. The van der Waals surface area contributed by atoms with Crippen molar-refractivity contribution in [3.05, 3.63) is 59.1 Å². The summed E-state index contributed by atoms with van der Waals surface area (Å²) in [6.07, 6.45) is 0.832. The van der Waals surface area contributed by atoms with E-state index in [1.807, 2.05) is 37.3 Å². The van der Waals surface area contributed by atoms with Gasteiger partial charge in [0.15, 0.2) is 5.96 Å². The predicted octanol–water partition coefficient (Wildman–Crippen LogP) is 4.05. The standard InChI is InChI=1S/C23H29ClN4O3/c1-2-31-16-4-11-25-23(26-20-6-3-5-18(17-20)22(29)30)28-14-12-27(13-15-28)21-9-7-19(24)8-10-21/h3,5-10,17H,2,4,11-16H2,1H3,(H,25,26)(H,29,30). The van der Waals surface area contributed by atoms with Gasteiger partial charge in [0.2, 0.25) is 0 Å². The van der Waals surface area contributed by atoms with Crippen molar-refractivity contribution in [2.45, 2.75) is 13.3 Å². The molecule has 0 radical (unpaired) electrons. The van der Waals surface area contributed by atoms with Crippen LogP contribution in [0.25, 0.3) is 0 Å². The molecule has 0 saturated carbocycles. The van der Waals surface area contributed by atoms with E-state index in [1.54, 1.807) is 18.2 Å². The number of halogens is 1. The van der Waals surface area contributed by atoms with E-state index >= 15 is 0 Å². The molecule has 1 aliphatic rings. The number of benzene rings is 2. The van der Waals surface area contributed by atoms with Gasteiger partial charge in [-0.1, -0.05) is 17.7 Å². The minimum atomic E-state index is -0.949. The second-order valence-electron chi connectivity index (χ2n) is 7.22. The van der Waals surface area contributed by atoms with Crippen molar-refractivity contribution in [1.82, 2.24) is 4.90 Å². The van der Waals surface area contributed by atoms with Gasteiger partial charge in [0.25, 0.3) is 0 Å². The lowest BCUT2D eigenvalue weighted by Crippen LogP contribution is -2.50. The number of aliphatic imine (C=N–C) groups is 1. The van der Waals surface area contributed by atoms with Crippen LogP contribution in [0.2, 0.25) is 5.02 Å². The number of piperazine rings is 1. The van der Waals surface area contributed by atoms with E-state index in [1.165, 1.54) is 0 Å². The van der Waals surface area contributed by atoms with E-state index in [0.29, 0.717) is 25.4 Å². The average Bonchev–Trinajstić information content (AvgIpc) is 2.79. The highest BCUT2D eigenvalue weighted by atomic mass is 35.5. The van der Waals surface area contributed by atoms with Gasteiger partial charge in [0, 0.05) is 62.3 Å². The highest BCUT2D eigenvalue weighted by molar-refractivity contribution is 6.30. The van der Waals surface area contributed by atoms with Crippen molar-refractivity contribution in [2.24, 2.45) is 4.99 Å². The number of carbonyl (C=O) groups is 1. The fraction of sp³-hybridized carbons (Fsp3) is 0.391. The first-order chi connectivity index (χ1) is 15.1. The summed E-state index contributed by atoms with van der Waals surface area (Å²) in [7, 11) is 0. The molecule has 166 valence electrons. The number of ether oxygens (including phenoxy) is 1. The zero-order valence-electron chi connectivity index (χ0n) is 17.8. The molecule has 2 aromatic carbocycles. The summed E-state index contributed by atoms with van der Waals surface area (Å²) in [6.45, 7) is 7.31. The number of nitrogens with zero attached hydrogens (tertiary/aromatic N) is 3. The van der Waals surface area contributed by atoms with Crippen LogP contribution in [0, 0.1) is 0 Å². The van der Waals surface area contributed by atoms with Gasteiger partial charge in [-0.05, 0) is 55.8 Å². The summed E-state index contributed by atoms with van der Waals surface area (Å²) < 4.78 is 5.41. The predicted molar refractivity (Wildman–Crippen MR) is 126 cm³/mol. The van der Waals surface area contributed by atoms with Gasteiger partial charge in [0.1, 0.15) is 0 Å². The molecular formula is C23H29ClN4O3. The number of hydrogen-bond donors (Lipinski definition) is 2. The van der Waals surface area contributed by atoms with Crippen LogP contribution in [0.1, 0.15) is 23.7 Å². The Morgan fingerprint density at radius 1 is 1.16 bits per heavy atom. The third-order valence-corrected chi connectivity index (χ3v) is 5.30. The zero-order valence-corrected chi connectivity index (χ0v) is 18.5. The molecule has 31 heavy (non-hydrogen) atoms. The Balaban J connectivity index is 1.67. The minimum Gasteiger partial charge on any atom is -0.478 e. The van der Waals surface area contributed by atoms with Crippen LogP contribution >= 0.6 is 11.6 Å². The second kappa shape index (κ2) is 11.6. The highest BCUT2D eigenvalue weighted by Crippen LogP contribution is 2.20. The number of aromatic carboxylic acids is 1. The molecule has 3 rings (SSSR count). The van der Waals surface area contributed by atoms with Crippen molar-refractivity contribution in [1.29, 1.82) is 0 Å². The van der Waals surface area contributed by atoms with Gasteiger partial charge >= 0.3 is 5.97 Å². The summed E-state index contributed by atoms with van der Waals surface area (Å²) in [6, 6.07) is 14.7. The minimum absolute atomic E-state index is 0.244. The molecule has 0 aromatic heterocycles. The van der Waals surface area contributed by atoms with Crippen LogP contribution in [0.4, 0.5) is 11.4 Å². The molecule has 2 N–H and O–H groups in total. The molecule has 0 aliphatic carbocycles. The summed E-state index contributed by atoms with van der Waals surface area (Å²) in [5.41, 5.74) is 2.11. The van der Waals surface area contributed by atoms with Crippen molar-refractivity contribution in [3.63, 3.8) is 0 Å². The quantitative estimate of drug-likeness (QED) is 0.363. The topological polar surface area (TPSA) is 77.4 Å². The summed E-state index contributed by atoms with van der Waals surface area (Å²) in [5.74, 6) is -0.190. The van der Waals surface area contributed by atoms with Crippen LogP contribution in [0.15, 0.2) is 53.5 Å². The van der Waals surface area contributed by atoms with Crippen LogP contribution in [-0.2, 0) is 4.74 Å². The lowest BCUT2D eigenvalue weighted by Gasteiger charge is -2.37. The first-order valence-electron chi connectivity index (χ1n) is 10.5. The van der Waals surface area contributed by atoms with E-state index in [-0.39, 0.29) is 5.56 Å². The van der Waals surface area contributed by atoms with Crippen molar-refractivity contribution < 1.29 is 14.6 Å². The Bertz CT molecular complexity index is 881. The maximum atomic E-state index is 11.3. The Labute approximate surface area is 188 Å². The van der Waals surface area contributed by atoms with Crippen molar-refractivity contribution in [3.8, 4) is 0 Å². The molecule has 2 aromatic rings. The zero-order chi connectivity index (χ0) is 22.1. The smallest absolute Gasteiger partial charge is 0.335 e. The number of nitrogens with one attached hydrogen (secondary N) is 1. The van der Waals surface area contributed by atoms with Gasteiger partial charge in [-0.25, -0.2) is 4.79 Å². The number of rotatable bonds is 8. The van der Waals surface area contributed by atoms with Crippen LogP contribution in [0.3, 0.4) is 0 Å². The normalized spacial score (nSPS) is 14.6. The summed E-state index contributed by atoms with van der Waals surface area (Å²) >= 11 is 6.01. The van der Waals surface area contributed by atoms with E-state index < -0.39 is 5.97 Å². The molecular weight excluding hydrogens is 416 g/mol. The molecule has 7 nitrogen and oxygen atoms in total. The Morgan fingerprint density at radius 2 is 1.90 bits per heavy atom. The van der Waals surface area contributed by atoms with Gasteiger partial charge in [-0.15, -0.1) is 0 Å². The Kier molecular flexibility index (Phi) is 8.55. The molecule has 0 unspecified atom stereocenters. The number of carboxylic acid groups (broad SMARTS) is 1. The third kappa shape index (κ3) is 6.87. The Hall–Kier alpha value is -2.77. The fourth-order valence-corrected chi connectivity index (χ4v) is 3.53. The van der Waals surface area contributed by atoms with E-state index in [2.05, 4.69) is 15.1 Å². The van der Waals surface area contributed by atoms with E-state index in [9.17, 15) is 9.90 Å². The molecule has 1 heterocycles. The SMILES string of the molecule is CCOCCCN=C(Nc1cccc(C(=O)O)c1)N1CCN(c2ccc(Cl)cc2)CC1. The average molecular weight is 445 g/mol. The maximum absolute atomic E-state index is 11.3. The van der Waals surface area contributed by atoms with Gasteiger partial charge in [0.05, 0.1) is 5.56 Å². The molecule has 0 atom stereocenters. The monoisotopic (exact) mass is 444 g/mol. The first-order valence-corrected chi connectivity index (χ1v) is 10.9. The highest BCUT2D eigenvalue weighted by Gasteiger charge is 2.20. The van der Waals surface area contributed by atoms with Crippen LogP contribution < -0.4 is 10.2 Å². The van der Waals surface area contributed by atoms with Crippen LogP contribution in [0.5, 0.6) is 0 Å². The second-order valence-corrected chi connectivity index (χ2v) is 7.65. The third-order valence-electron chi connectivity index (χ3n) is 5.05. The number of guanidine groups is 1. The molecule has 1 fully saturated rings. The summed E-state index contributed by atoms with van der Waals surface area (Å²) in [4.78, 5) is 20.6. The summed E-state index contributed by atoms with van der Waals surface area (Å²) in [5, 5.41) is 13.3. The van der Waals surface area contributed by atoms with Gasteiger partial charge in [-0.2, -0.15) is 0 Å². The van der Waals surface area contributed by atoms with Crippen molar-refractivity contribution in [2.75, 3.05) is 56.2 Å². The lowest BCUT2D eigenvalue weighted by molar-refractivity contribution is 0.0697. The molecule has 8 heteroatoms. The van der Waals surface area contributed by atoms with Crippen LogP contribution in [-0.4, -0.2) is 67.9 Å². The fourth-order valence-electron chi connectivity index (χ4n) is 3.40. The van der Waals surface area contributed by atoms with Gasteiger partial charge < -0.3 is 25.0 Å². The largest absolute Gasteiger partial charge is 0.478 e. The van der Waals surface area contributed by atoms with Gasteiger partial charge in [-0.3, -0.25) is 4.99 Å². The molecule has 0 bridgehead atoms. The molecule has 1 saturated heterocycles. The van der Waals surface area contributed by atoms with Crippen molar-refractivity contribution >= 4 is 34.9 Å². The van der Waals surface area contributed by atoms with E-state index in [0.717, 1.165) is 49.3 Å². The lowest BCUT2D eigenvalue weighted by atomic mass is 10.2. The Morgan fingerprint density at radius 3 is 2.58 bits per heavy atom. The van der Waals surface area contributed by atoms with E-state index in [4.69, 9.17) is 21.3 Å². The number of anilines is 2. The molecule has 0 amide bonds.